The summed E-state index contributed by atoms with van der Waals surface area (Å²) in [5, 5.41) is 8.24. The largest absolute Gasteiger partial charge is 0.374 e. The Kier molecular flexibility index (Phi) is 3.71. The van der Waals surface area contributed by atoms with Gasteiger partial charge in [0.1, 0.15) is 0 Å². The maximum Gasteiger partial charge on any atom is 0.0756 e. The minimum Gasteiger partial charge on any atom is -0.374 e. The van der Waals surface area contributed by atoms with Gasteiger partial charge in [-0.2, -0.15) is 5.26 Å². The summed E-state index contributed by atoms with van der Waals surface area (Å²) in [6.07, 6.45) is 8.23. The molecule has 0 amide bonds. The first-order valence-electron chi connectivity index (χ1n) is 4.08. The molecule has 1 unspecified atom stereocenters. The van der Waals surface area contributed by atoms with Crippen LogP contribution in [0.15, 0.2) is 12.2 Å². The third kappa shape index (κ3) is 3.20. The topological polar surface area (TPSA) is 33.0 Å². The molecule has 0 radical (unpaired) electrons. The Morgan fingerprint density at radius 1 is 1.64 bits per heavy atom. The normalized spacial score (nSPS) is 24.1. The van der Waals surface area contributed by atoms with Crippen LogP contribution in [0.2, 0.25) is 0 Å². The Morgan fingerprint density at radius 2 is 2.55 bits per heavy atom. The molecule has 1 atom stereocenters. The summed E-state index contributed by atoms with van der Waals surface area (Å²) >= 11 is 0. The van der Waals surface area contributed by atoms with Crippen molar-refractivity contribution in [1.29, 1.82) is 5.26 Å². The van der Waals surface area contributed by atoms with Crippen molar-refractivity contribution >= 4 is 0 Å². The fourth-order valence-corrected chi connectivity index (χ4v) is 1.15. The van der Waals surface area contributed by atoms with Gasteiger partial charge in [0.25, 0.3) is 0 Å². The van der Waals surface area contributed by atoms with Crippen molar-refractivity contribution in [1.82, 2.24) is 0 Å². The summed E-state index contributed by atoms with van der Waals surface area (Å²) in [5.41, 5.74) is 0. The number of hydrogen-bond donors (Lipinski definition) is 0. The first-order chi connectivity index (χ1) is 5.43. The summed E-state index contributed by atoms with van der Waals surface area (Å²) in [4.78, 5) is 0. The number of hydrogen-bond acceptors (Lipinski definition) is 2. The second-order valence-electron chi connectivity index (χ2n) is 2.68. The zero-order valence-electron chi connectivity index (χ0n) is 6.62. The van der Waals surface area contributed by atoms with Crippen LogP contribution in [0.4, 0.5) is 0 Å². The van der Waals surface area contributed by atoms with Crippen LogP contribution in [0.25, 0.3) is 0 Å². The number of allylic oxidation sites excluding steroid dienone is 1. The summed E-state index contributed by atoms with van der Waals surface area (Å²) in [5.74, 6) is 0. The summed E-state index contributed by atoms with van der Waals surface area (Å²) in [7, 11) is 0. The molecule has 1 aliphatic rings. The van der Waals surface area contributed by atoms with E-state index < -0.39 is 0 Å². The van der Waals surface area contributed by atoms with Gasteiger partial charge >= 0.3 is 0 Å². The van der Waals surface area contributed by atoms with Gasteiger partial charge in [0.15, 0.2) is 0 Å². The number of unbranched alkanes of at least 4 members (excludes halogenated alkanes) is 1. The molecule has 1 rings (SSSR count). The third-order valence-electron chi connectivity index (χ3n) is 1.74. The fourth-order valence-electron chi connectivity index (χ4n) is 1.15. The number of rotatable bonds is 3. The summed E-state index contributed by atoms with van der Waals surface area (Å²) in [6.45, 7) is 0.896. The Balaban J connectivity index is 2.09. The Morgan fingerprint density at radius 3 is 3.18 bits per heavy atom. The molecule has 0 bridgehead atoms. The highest BCUT2D eigenvalue weighted by Crippen LogP contribution is 2.13. The molecule has 0 N–H and O–H groups in total. The van der Waals surface area contributed by atoms with E-state index in [9.17, 15) is 0 Å². The molecule has 0 aliphatic carbocycles. The van der Waals surface area contributed by atoms with Gasteiger partial charge in [-0.05, 0) is 19.3 Å². The van der Waals surface area contributed by atoms with Crippen molar-refractivity contribution in [2.75, 3.05) is 6.61 Å². The lowest BCUT2D eigenvalue weighted by molar-refractivity contribution is 0.145. The Bertz CT molecular complexity index is 163. The van der Waals surface area contributed by atoms with Crippen LogP contribution in [0, 0.1) is 11.3 Å². The highest BCUT2D eigenvalue weighted by Gasteiger charge is 2.10. The van der Waals surface area contributed by atoms with Crippen LogP contribution in [0.5, 0.6) is 0 Å². The van der Waals surface area contributed by atoms with Gasteiger partial charge in [-0.3, -0.25) is 0 Å². The van der Waals surface area contributed by atoms with Crippen LogP contribution in [0.1, 0.15) is 25.7 Å². The van der Waals surface area contributed by atoms with Crippen molar-refractivity contribution in [3.8, 4) is 6.07 Å². The first-order valence-corrected chi connectivity index (χ1v) is 4.08. The van der Waals surface area contributed by atoms with E-state index in [0.717, 1.165) is 19.4 Å². The van der Waals surface area contributed by atoms with Crippen molar-refractivity contribution in [2.45, 2.75) is 31.8 Å². The lowest BCUT2D eigenvalue weighted by Crippen LogP contribution is -1.98. The molecule has 1 saturated heterocycles. The zero-order chi connectivity index (χ0) is 7.94. The minimum atomic E-state index is 0.327. The molecule has 0 saturated carbocycles. The monoisotopic (exact) mass is 151 g/mol. The molecule has 0 aromatic heterocycles. The summed E-state index contributed by atoms with van der Waals surface area (Å²) < 4.78 is 5.36. The predicted octanol–water partition coefficient (Wildman–Crippen LogP) is 2.03. The molecule has 1 heterocycles. The predicted molar refractivity (Wildman–Crippen MR) is 43.0 cm³/mol. The molecule has 0 spiro atoms. The molecule has 2 heteroatoms. The molecule has 1 fully saturated rings. The molecule has 0 aromatic rings. The van der Waals surface area contributed by atoms with Crippen molar-refractivity contribution in [3.05, 3.63) is 12.2 Å². The lowest BCUT2D eigenvalue weighted by atomic mass is 10.2. The maximum atomic E-state index is 8.24. The van der Waals surface area contributed by atoms with E-state index in [0.29, 0.717) is 12.5 Å². The van der Waals surface area contributed by atoms with Gasteiger partial charge in [-0.15, -0.1) is 0 Å². The van der Waals surface area contributed by atoms with Gasteiger partial charge in [0.05, 0.1) is 12.2 Å². The van der Waals surface area contributed by atoms with Crippen molar-refractivity contribution in [2.24, 2.45) is 0 Å². The zero-order valence-corrected chi connectivity index (χ0v) is 6.62. The average Bonchev–Trinajstić information content (AvgIpc) is 2.50. The van der Waals surface area contributed by atoms with Crippen LogP contribution in [-0.2, 0) is 4.74 Å². The van der Waals surface area contributed by atoms with Gasteiger partial charge in [-0.25, -0.2) is 0 Å². The van der Waals surface area contributed by atoms with Gasteiger partial charge in [0.2, 0.25) is 0 Å². The molecule has 1 aliphatic heterocycles. The smallest absolute Gasteiger partial charge is 0.0756 e. The number of ether oxygens (including phenoxy) is 1. The van der Waals surface area contributed by atoms with E-state index in [1.807, 2.05) is 6.08 Å². The van der Waals surface area contributed by atoms with E-state index in [4.69, 9.17) is 10.00 Å². The van der Waals surface area contributed by atoms with Gasteiger partial charge in [-0.1, -0.05) is 12.2 Å². The van der Waals surface area contributed by atoms with E-state index in [-0.39, 0.29) is 0 Å². The average molecular weight is 151 g/mol. The van der Waals surface area contributed by atoms with Crippen molar-refractivity contribution in [3.63, 3.8) is 0 Å². The first kappa shape index (κ1) is 8.29. The Hall–Kier alpha value is -0.810. The summed E-state index contributed by atoms with van der Waals surface area (Å²) in [6, 6.07) is 2.10. The molecule has 60 valence electrons. The second kappa shape index (κ2) is 4.92. The Labute approximate surface area is 67.5 Å². The van der Waals surface area contributed by atoms with Crippen LogP contribution >= 0.6 is 0 Å². The van der Waals surface area contributed by atoms with Crippen LogP contribution in [0.3, 0.4) is 0 Å². The number of nitrogens with zero attached hydrogens (tertiary/aromatic N) is 1. The maximum absolute atomic E-state index is 8.24. The van der Waals surface area contributed by atoms with E-state index in [1.165, 1.54) is 6.42 Å². The highest BCUT2D eigenvalue weighted by atomic mass is 16.5. The molecule has 11 heavy (non-hydrogen) atoms. The highest BCUT2D eigenvalue weighted by molar-refractivity contribution is 4.92. The fraction of sp³-hybridized carbons (Fsp3) is 0.667. The molecule has 0 aromatic carbocycles. The molecular formula is C9H13NO. The minimum absolute atomic E-state index is 0.327. The van der Waals surface area contributed by atoms with E-state index in [2.05, 4.69) is 12.1 Å². The molecule has 2 nitrogen and oxygen atoms in total. The standard InChI is InChI=1S/C9H13NO/c10-7-3-1-2-5-9-6-4-8-11-9/h2,5,9H,1,3-4,6,8H2/b5-2+. The van der Waals surface area contributed by atoms with Crippen molar-refractivity contribution < 1.29 is 4.74 Å². The van der Waals surface area contributed by atoms with Gasteiger partial charge in [0, 0.05) is 13.0 Å². The van der Waals surface area contributed by atoms with E-state index >= 15 is 0 Å². The molecular weight excluding hydrogens is 138 g/mol. The van der Waals surface area contributed by atoms with E-state index in [1.54, 1.807) is 0 Å². The third-order valence-corrected chi connectivity index (χ3v) is 1.74. The van der Waals surface area contributed by atoms with Crippen LogP contribution in [-0.4, -0.2) is 12.7 Å². The van der Waals surface area contributed by atoms with Gasteiger partial charge < -0.3 is 4.74 Å². The van der Waals surface area contributed by atoms with Crippen LogP contribution < -0.4 is 0 Å². The number of nitriles is 1. The lowest BCUT2D eigenvalue weighted by Gasteiger charge is -1.99. The SMILES string of the molecule is N#CCC/C=C/C1CCCO1. The quantitative estimate of drug-likeness (QED) is 0.456. The second-order valence-corrected chi connectivity index (χ2v) is 2.68.